The summed E-state index contributed by atoms with van der Waals surface area (Å²) in [4.78, 5) is 40.4. The fourth-order valence-electron chi connectivity index (χ4n) is 4.44. The van der Waals surface area contributed by atoms with E-state index in [-0.39, 0.29) is 12.5 Å². The largest absolute Gasteiger partial charge is 0.341 e. The molecule has 3 aromatic rings. The van der Waals surface area contributed by atoms with Gasteiger partial charge in [-0.2, -0.15) is 0 Å². The van der Waals surface area contributed by atoms with E-state index in [2.05, 4.69) is 5.32 Å². The predicted molar refractivity (Wildman–Crippen MR) is 121 cm³/mol. The second-order valence-corrected chi connectivity index (χ2v) is 8.33. The van der Waals surface area contributed by atoms with Gasteiger partial charge in [-0.25, -0.2) is 0 Å². The fraction of sp³-hybridized carbons (Fsp3) is 0.320. The lowest BCUT2D eigenvalue weighted by Gasteiger charge is -2.16. The Hall–Kier alpha value is -3.41. The number of likely N-dealkylation sites (tertiary alicyclic amines) is 1. The fourth-order valence-corrected chi connectivity index (χ4v) is 4.44. The molecule has 2 heterocycles. The number of nitrogens with one attached hydrogen (secondary N) is 1. The first kappa shape index (κ1) is 20.8. The molecule has 1 aliphatic heterocycles. The number of Topliss-reactive ketones (excluding diaryl/α,β-unsaturated/α-hetero) is 1. The van der Waals surface area contributed by atoms with Gasteiger partial charge in [0.1, 0.15) is 6.54 Å². The molecule has 0 saturated carbocycles. The summed E-state index contributed by atoms with van der Waals surface area (Å²) in [6, 6.07) is 11.3. The highest BCUT2D eigenvalue weighted by atomic mass is 16.2. The van der Waals surface area contributed by atoms with E-state index in [0.29, 0.717) is 16.6 Å². The van der Waals surface area contributed by atoms with Crippen molar-refractivity contribution in [3.63, 3.8) is 0 Å². The highest BCUT2D eigenvalue weighted by molar-refractivity contribution is 6.48. The Morgan fingerprint density at radius 1 is 0.968 bits per heavy atom. The molecule has 0 aliphatic carbocycles. The van der Waals surface area contributed by atoms with Crippen molar-refractivity contribution < 1.29 is 14.4 Å². The molecule has 0 radical (unpaired) electrons. The minimum atomic E-state index is -0.677. The van der Waals surface area contributed by atoms with Crippen molar-refractivity contribution in [1.82, 2.24) is 9.47 Å². The van der Waals surface area contributed by atoms with Gasteiger partial charge in [0, 0.05) is 35.9 Å². The van der Waals surface area contributed by atoms with E-state index in [1.54, 1.807) is 10.8 Å². The average molecular weight is 418 g/mol. The van der Waals surface area contributed by atoms with Crippen LogP contribution in [0.3, 0.4) is 0 Å². The molecule has 1 aromatic heterocycles. The van der Waals surface area contributed by atoms with Crippen molar-refractivity contribution in [3.05, 3.63) is 64.8 Å². The lowest BCUT2D eigenvalue weighted by molar-refractivity contribution is -0.130. The van der Waals surface area contributed by atoms with Gasteiger partial charge in [0.2, 0.25) is 5.91 Å². The third-order valence-corrected chi connectivity index (χ3v) is 5.92. The zero-order valence-electron chi connectivity index (χ0n) is 18.2. The normalized spacial score (nSPS) is 13.6. The third-order valence-electron chi connectivity index (χ3n) is 5.92. The summed E-state index contributed by atoms with van der Waals surface area (Å²) in [6.45, 7) is 7.54. The van der Waals surface area contributed by atoms with Gasteiger partial charge in [-0.3, -0.25) is 14.4 Å². The number of aryl methyl sites for hydroxylation is 3. The zero-order chi connectivity index (χ0) is 22.1. The van der Waals surface area contributed by atoms with E-state index in [4.69, 9.17) is 0 Å². The number of aromatic nitrogens is 1. The van der Waals surface area contributed by atoms with Crippen LogP contribution in [-0.2, 0) is 16.1 Å². The maximum absolute atomic E-state index is 13.1. The first-order valence-corrected chi connectivity index (χ1v) is 10.6. The monoisotopic (exact) mass is 417 g/mol. The Balaban J connectivity index is 1.62. The third kappa shape index (κ3) is 4.10. The number of hydrogen-bond acceptors (Lipinski definition) is 3. The zero-order valence-corrected chi connectivity index (χ0v) is 18.2. The number of carbonyl (C=O) groups is 3. The van der Waals surface area contributed by atoms with Crippen LogP contribution in [0, 0.1) is 20.8 Å². The number of nitrogens with zero attached hydrogens (tertiary/aromatic N) is 2. The molecule has 2 aromatic carbocycles. The number of para-hydroxylation sites is 1. The number of rotatable bonds is 5. The van der Waals surface area contributed by atoms with Crippen molar-refractivity contribution in [2.45, 2.75) is 40.2 Å². The van der Waals surface area contributed by atoms with Gasteiger partial charge < -0.3 is 14.8 Å². The number of carbonyl (C=O) groups excluding carboxylic acids is 3. The van der Waals surface area contributed by atoms with Crippen molar-refractivity contribution in [2.24, 2.45) is 0 Å². The summed E-state index contributed by atoms with van der Waals surface area (Å²) in [6.07, 6.45) is 3.69. The lowest BCUT2D eigenvalue weighted by atomic mass is 10.0. The van der Waals surface area contributed by atoms with Gasteiger partial charge in [-0.15, -0.1) is 0 Å². The summed E-state index contributed by atoms with van der Waals surface area (Å²) in [5, 5.41) is 3.47. The van der Waals surface area contributed by atoms with Crippen LogP contribution in [-0.4, -0.2) is 40.2 Å². The van der Waals surface area contributed by atoms with Gasteiger partial charge in [0.05, 0.1) is 5.56 Å². The number of amides is 2. The molecule has 1 N–H and O–H groups in total. The van der Waals surface area contributed by atoms with Gasteiger partial charge in [0.25, 0.3) is 11.7 Å². The number of fused-ring (bicyclic) bond motifs is 1. The van der Waals surface area contributed by atoms with Gasteiger partial charge in [-0.1, -0.05) is 35.9 Å². The van der Waals surface area contributed by atoms with Gasteiger partial charge in [0.15, 0.2) is 0 Å². The number of benzene rings is 2. The molecule has 6 heteroatoms. The van der Waals surface area contributed by atoms with Crippen LogP contribution in [0.4, 0.5) is 5.69 Å². The molecule has 1 fully saturated rings. The molecular formula is C25H27N3O3. The van der Waals surface area contributed by atoms with Gasteiger partial charge in [-0.05, 0) is 50.8 Å². The van der Waals surface area contributed by atoms with Crippen LogP contribution in [0.15, 0.2) is 42.6 Å². The van der Waals surface area contributed by atoms with Crippen LogP contribution >= 0.6 is 0 Å². The van der Waals surface area contributed by atoms with Gasteiger partial charge >= 0.3 is 0 Å². The standard InChI is InChI=1S/C25H27N3O3/c1-16-12-17(2)23(18(3)13-16)26-25(31)24(30)20-14-28(21-9-5-4-8-19(20)21)15-22(29)27-10-6-7-11-27/h4-5,8-9,12-14H,6-7,10-11,15H2,1-3H3,(H,26,31). The van der Waals surface area contributed by atoms with E-state index < -0.39 is 11.7 Å². The Bertz CT molecular complexity index is 1160. The molecule has 31 heavy (non-hydrogen) atoms. The summed E-state index contributed by atoms with van der Waals surface area (Å²) < 4.78 is 1.78. The molecule has 6 nitrogen and oxygen atoms in total. The predicted octanol–water partition coefficient (Wildman–Crippen LogP) is 4.01. The van der Waals surface area contributed by atoms with Crippen LogP contribution in [0.1, 0.15) is 39.9 Å². The van der Waals surface area contributed by atoms with Crippen LogP contribution in [0.2, 0.25) is 0 Å². The Morgan fingerprint density at radius 2 is 1.61 bits per heavy atom. The number of anilines is 1. The van der Waals surface area contributed by atoms with Crippen molar-refractivity contribution in [2.75, 3.05) is 18.4 Å². The molecule has 1 saturated heterocycles. The molecule has 0 spiro atoms. The summed E-state index contributed by atoms with van der Waals surface area (Å²) in [5.41, 5.74) is 4.68. The smallest absolute Gasteiger partial charge is 0.296 e. The first-order valence-electron chi connectivity index (χ1n) is 10.6. The molecule has 0 unspecified atom stereocenters. The highest BCUT2D eigenvalue weighted by Crippen LogP contribution is 2.25. The molecule has 1 aliphatic rings. The lowest BCUT2D eigenvalue weighted by Crippen LogP contribution is -2.30. The van der Waals surface area contributed by atoms with E-state index in [1.807, 2.05) is 62.1 Å². The van der Waals surface area contributed by atoms with Crippen LogP contribution in [0.25, 0.3) is 10.9 Å². The van der Waals surface area contributed by atoms with Crippen LogP contribution in [0.5, 0.6) is 0 Å². The SMILES string of the molecule is Cc1cc(C)c(NC(=O)C(=O)c2cn(CC(=O)N3CCCC3)c3ccccc23)c(C)c1. The van der Waals surface area contributed by atoms with E-state index in [9.17, 15) is 14.4 Å². The summed E-state index contributed by atoms with van der Waals surface area (Å²) in [7, 11) is 0. The molecular weight excluding hydrogens is 390 g/mol. The molecule has 160 valence electrons. The van der Waals surface area contributed by atoms with E-state index in [0.717, 1.165) is 48.1 Å². The Kier molecular flexibility index (Phi) is 5.63. The molecule has 0 atom stereocenters. The second kappa shape index (κ2) is 8.38. The second-order valence-electron chi connectivity index (χ2n) is 8.33. The van der Waals surface area contributed by atoms with E-state index in [1.165, 1.54) is 0 Å². The van der Waals surface area contributed by atoms with Crippen LogP contribution < -0.4 is 5.32 Å². The topological polar surface area (TPSA) is 71.4 Å². The number of hydrogen-bond donors (Lipinski definition) is 1. The highest BCUT2D eigenvalue weighted by Gasteiger charge is 2.24. The molecule has 0 bridgehead atoms. The molecule has 2 amide bonds. The Labute approximate surface area is 181 Å². The molecule has 4 rings (SSSR count). The average Bonchev–Trinajstić information content (AvgIpc) is 3.39. The minimum Gasteiger partial charge on any atom is -0.341 e. The maximum Gasteiger partial charge on any atom is 0.296 e. The Morgan fingerprint density at radius 3 is 2.29 bits per heavy atom. The van der Waals surface area contributed by atoms with Crippen molar-refractivity contribution in [3.8, 4) is 0 Å². The summed E-state index contributed by atoms with van der Waals surface area (Å²) in [5.74, 6) is -1.25. The first-order chi connectivity index (χ1) is 14.8. The van der Waals surface area contributed by atoms with E-state index >= 15 is 0 Å². The van der Waals surface area contributed by atoms with Crippen molar-refractivity contribution in [1.29, 1.82) is 0 Å². The minimum absolute atomic E-state index is 0.0348. The number of ketones is 1. The quantitative estimate of drug-likeness (QED) is 0.504. The summed E-state index contributed by atoms with van der Waals surface area (Å²) >= 11 is 0. The maximum atomic E-state index is 13.1. The van der Waals surface area contributed by atoms with Crippen molar-refractivity contribution >= 4 is 34.2 Å².